The Labute approximate surface area is 190 Å². The zero-order chi connectivity index (χ0) is 21.7. The molecule has 0 unspecified atom stereocenters. The topological polar surface area (TPSA) is 93.6 Å². The number of thiophene rings is 1. The Morgan fingerprint density at radius 2 is 1.91 bits per heavy atom. The average Bonchev–Trinajstić information content (AvgIpc) is 3.57. The van der Waals surface area contributed by atoms with Crippen LogP contribution in [0, 0.1) is 0 Å². The third-order valence-electron chi connectivity index (χ3n) is 6.43. The molecule has 0 bridgehead atoms. The van der Waals surface area contributed by atoms with Gasteiger partial charge in [-0.05, 0) is 42.5 Å². The van der Waals surface area contributed by atoms with Crippen molar-refractivity contribution in [1.29, 1.82) is 0 Å². The fourth-order valence-electron chi connectivity index (χ4n) is 4.49. The Morgan fingerprint density at radius 1 is 1.12 bits per heavy atom. The number of β-amino-alcohol motifs (C(OH)–C–C–N with tert-alkyl or cyclic N) is 1. The molecule has 0 spiro atoms. The van der Waals surface area contributed by atoms with Crippen LogP contribution >= 0.6 is 11.3 Å². The number of hydrogen-bond acceptors (Lipinski definition) is 8. The number of fused-ring (bicyclic) bond motifs is 1. The number of carbonyl (C=O) groups excluding carboxylic acids is 1. The molecule has 5 heterocycles. The summed E-state index contributed by atoms with van der Waals surface area (Å²) in [7, 11) is 0. The zero-order valence-electron chi connectivity index (χ0n) is 17.8. The molecule has 3 N–H and O–H groups in total. The summed E-state index contributed by atoms with van der Waals surface area (Å²) in [6.45, 7) is 4.83. The monoisotopic (exact) mass is 450 g/mol. The summed E-state index contributed by atoms with van der Waals surface area (Å²) in [5, 5.41) is 17.4. The highest BCUT2D eigenvalue weighted by molar-refractivity contribution is 7.21. The van der Waals surface area contributed by atoms with E-state index in [1.54, 1.807) is 4.90 Å². The van der Waals surface area contributed by atoms with E-state index in [1.807, 2.05) is 24.5 Å². The second-order valence-corrected chi connectivity index (χ2v) is 9.86. The Balaban J connectivity index is 1.25. The average molecular weight is 451 g/mol. The number of carbonyl (C=O) groups is 1. The number of aliphatic hydroxyl groups is 1. The fourth-order valence-corrected chi connectivity index (χ4v) is 5.70. The molecule has 2 aliphatic heterocycles. The standard InChI is InChI=1S/C23H26N6O2S/c30-16-12-29(13-16)23(31)22-21(14-1-2-14)17-9-20(26-11-18(17)32-22)27-19-4-3-15(10-25-19)28-7-5-24-6-8-28/h3-4,9-11,14,16,24,30H,1-2,5-8,12-13H2,(H,25,26,27). The van der Waals surface area contributed by atoms with E-state index < -0.39 is 0 Å². The van der Waals surface area contributed by atoms with Gasteiger partial charge in [0.25, 0.3) is 5.91 Å². The summed E-state index contributed by atoms with van der Waals surface area (Å²) in [6.07, 6.45) is 5.61. The van der Waals surface area contributed by atoms with E-state index in [0.29, 0.717) is 19.0 Å². The number of nitrogens with one attached hydrogen (secondary N) is 2. The minimum absolute atomic E-state index is 0.0399. The number of amides is 1. The van der Waals surface area contributed by atoms with Gasteiger partial charge in [-0.2, -0.15) is 0 Å². The number of hydrogen-bond donors (Lipinski definition) is 3. The van der Waals surface area contributed by atoms with Crippen molar-refractivity contribution in [3.63, 3.8) is 0 Å². The van der Waals surface area contributed by atoms with Gasteiger partial charge < -0.3 is 25.5 Å². The van der Waals surface area contributed by atoms with Crippen molar-refractivity contribution < 1.29 is 9.90 Å². The quantitative estimate of drug-likeness (QED) is 0.550. The molecule has 0 atom stereocenters. The first kappa shape index (κ1) is 19.9. The molecule has 3 aromatic rings. The third kappa shape index (κ3) is 3.70. The van der Waals surface area contributed by atoms with Crippen LogP contribution in [0.15, 0.2) is 30.6 Å². The van der Waals surface area contributed by atoms with E-state index in [0.717, 1.165) is 76.9 Å². The maximum Gasteiger partial charge on any atom is 0.264 e. The third-order valence-corrected chi connectivity index (χ3v) is 7.57. The minimum atomic E-state index is -0.388. The van der Waals surface area contributed by atoms with Crippen molar-refractivity contribution in [2.75, 3.05) is 49.5 Å². The highest BCUT2D eigenvalue weighted by Crippen LogP contribution is 2.48. The molecule has 8 nitrogen and oxygen atoms in total. The van der Waals surface area contributed by atoms with Gasteiger partial charge in [0.15, 0.2) is 0 Å². The summed E-state index contributed by atoms with van der Waals surface area (Å²) >= 11 is 1.52. The Hall–Kier alpha value is -2.75. The summed E-state index contributed by atoms with van der Waals surface area (Å²) in [5.41, 5.74) is 2.29. The second-order valence-electron chi connectivity index (χ2n) is 8.81. The number of piperazine rings is 1. The highest BCUT2D eigenvalue weighted by atomic mass is 32.1. The number of nitrogens with zero attached hydrogens (tertiary/aromatic N) is 4. The number of aromatic nitrogens is 2. The van der Waals surface area contributed by atoms with Gasteiger partial charge >= 0.3 is 0 Å². The number of pyridine rings is 2. The molecule has 2 saturated heterocycles. The lowest BCUT2D eigenvalue weighted by atomic mass is 10.0. The molecule has 1 amide bonds. The van der Waals surface area contributed by atoms with Crippen LogP contribution in [0.3, 0.4) is 0 Å². The van der Waals surface area contributed by atoms with Crippen molar-refractivity contribution in [3.8, 4) is 0 Å². The highest BCUT2D eigenvalue weighted by Gasteiger charge is 2.36. The smallest absolute Gasteiger partial charge is 0.264 e. The van der Waals surface area contributed by atoms with E-state index in [2.05, 4.69) is 31.6 Å². The predicted octanol–water partition coefficient (Wildman–Crippen LogP) is 2.54. The Morgan fingerprint density at radius 3 is 2.59 bits per heavy atom. The van der Waals surface area contributed by atoms with Crippen LogP contribution in [0.5, 0.6) is 0 Å². The Bertz CT molecular complexity index is 1150. The first-order valence-corrected chi connectivity index (χ1v) is 12.1. The largest absolute Gasteiger partial charge is 0.389 e. The van der Waals surface area contributed by atoms with E-state index in [-0.39, 0.29) is 12.0 Å². The fraction of sp³-hybridized carbons (Fsp3) is 0.435. The maximum atomic E-state index is 13.0. The zero-order valence-corrected chi connectivity index (χ0v) is 18.6. The minimum Gasteiger partial charge on any atom is -0.389 e. The number of likely N-dealkylation sites (tertiary alicyclic amines) is 1. The van der Waals surface area contributed by atoms with Gasteiger partial charge in [0, 0.05) is 50.9 Å². The van der Waals surface area contributed by atoms with E-state index in [4.69, 9.17) is 0 Å². The normalized spacial score (nSPS) is 19.3. The van der Waals surface area contributed by atoms with Gasteiger partial charge in [0.2, 0.25) is 0 Å². The van der Waals surface area contributed by atoms with Crippen molar-refractivity contribution >= 4 is 44.7 Å². The van der Waals surface area contributed by atoms with Gasteiger partial charge in [-0.15, -0.1) is 11.3 Å². The molecule has 3 fully saturated rings. The van der Waals surface area contributed by atoms with Crippen LogP contribution in [-0.2, 0) is 0 Å². The first-order chi connectivity index (χ1) is 15.7. The van der Waals surface area contributed by atoms with Gasteiger partial charge in [0.05, 0.1) is 27.6 Å². The molecule has 166 valence electrons. The number of anilines is 3. The van der Waals surface area contributed by atoms with Gasteiger partial charge in [-0.1, -0.05) is 0 Å². The van der Waals surface area contributed by atoms with Crippen LogP contribution in [-0.4, -0.2) is 71.3 Å². The summed E-state index contributed by atoms with van der Waals surface area (Å²) in [5.74, 6) is 1.97. The predicted molar refractivity (Wildman–Crippen MR) is 126 cm³/mol. The molecule has 1 aliphatic carbocycles. The van der Waals surface area contributed by atoms with Crippen molar-refractivity contribution in [2.24, 2.45) is 0 Å². The van der Waals surface area contributed by atoms with Gasteiger partial charge in [0.1, 0.15) is 11.6 Å². The van der Waals surface area contributed by atoms with Crippen LogP contribution in [0.25, 0.3) is 10.1 Å². The van der Waals surface area contributed by atoms with Crippen LogP contribution in [0.2, 0.25) is 0 Å². The summed E-state index contributed by atoms with van der Waals surface area (Å²) in [6, 6.07) is 6.13. The van der Waals surface area contributed by atoms with Gasteiger partial charge in [-0.25, -0.2) is 9.97 Å². The molecule has 6 rings (SSSR count). The lowest BCUT2D eigenvalue weighted by Gasteiger charge is -2.35. The molecule has 3 aliphatic rings. The van der Waals surface area contributed by atoms with E-state index >= 15 is 0 Å². The van der Waals surface area contributed by atoms with Crippen molar-refractivity contribution in [1.82, 2.24) is 20.2 Å². The maximum absolute atomic E-state index is 13.0. The molecule has 32 heavy (non-hydrogen) atoms. The Kier molecular flexibility index (Phi) is 4.97. The summed E-state index contributed by atoms with van der Waals surface area (Å²) in [4.78, 5) is 27.0. The lowest BCUT2D eigenvalue weighted by molar-refractivity contribution is 0.00616. The van der Waals surface area contributed by atoms with Crippen molar-refractivity contribution in [2.45, 2.75) is 24.9 Å². The van der Waals surface area contributed by atoms with Crippen LogP contribution in [0.1, 0.15) is 34.0 Å². The SMILES string of the molecule is O=C(c1sc2cnc(Nc3ccc(N4CCNCC4)cn3)cc2c1C1CC1)N1CC(O)C1. The van der Waals surface area contributed by atoms with Crippen LogP contribution < -0.4 is 15.5 Å². The number of rotatable bonds is 5. The lowest BCUT2D eigenvalue weighted by Crippen LogP contribution is -2.53. The van der Waals surface area contributed by atoms with E-state index in [9.17, 15) is 9.90 Å². The summed E-state index contributed by atoms with van der Waals surface area (Å²) < 4.78 is 1.03. The number of aliphatic hydroxyl groups excluding tert-OH is 1. The molecular weight excluding hydrogens is 424 g/mol. The van der Waals surface area contributed by atoms with Crippen LogP contribution in [0.4, 0.5) is 17.3 Å². The molecule has 0 aromatic carbocycles. The molecule has 3 aromatic heterocycles. The van der Waals surface area contributed by atoms with Gasteiger partial charge in [-0.3, -0.25) is 4.79 Å². The molecular formula is C23H26N6O2S. The molecule has 9 heteroatoms. The second kappa shape index (κ2) is 7.99. The molecule has 0 radical (unpaired) electrons. The first-order valence-electron chi connectivity index (χ1n) is 11.2. The van der Waals surface area contributed by atoms with Crippen molar-refractivity contribution in [3.05, 3.63) is 41.0 Å². The molecule has 1 saturated carbocycles. The van der Waals surface area contributed by atoms with E-state index in [1.165, 1.54) is 11.3 Å².